The Hall–Kier alpha value is -11.5. The average Bonchev–Trinajstić information content (AvgIpc) is 0.721. The van der Waals surface area contributed by atoms with Crippen molar-refractivity contribution < 1.29 is 118 Å². The number of benzene rings is 5. The van der Waals surface area contributed by atoms with Crippen molar-refractivity contribution in [1.82, 2.24) is 47.9 Å². The first kappa shape index (κ1) is 97.1. The summed E-state index contributed by atoms with van der Waals surface area (Å²) in [5.41, 5.74) is 14.0. The average molecular weight is 1800 g/mol. The highest BCUT2D eigenvalue weighted by Gasteiger charge is 2.53. The van der Waals surface area contributed by atoms with E-state index in [-0.39, 0.29) is 84.3 Å². The Morgan fingerprint density at radius 1 is 0.734 bits per heavy atom. The van der Waals surface area contributed by atoms with Crippen LogP contribution in [0.4, 0.5) is 5.69 Å². The molecule has 13 rings (SSSR count). The number of carboxylic acid groups (broad SMARTS) is 1. The van der Waals surface area contributed by atoms with Crippen LogP contribution in [0, 0.1) is 5.92 Å². The molecule has 11 bridgehead atoms. The number of carbonyl (C=O) groups is 8. The number of fused-ring (bicyclic) bond motifs is 15. The molecule has 7 amide bonds. The number of hydrogen-bond donors (Lipinski definition) is 21. The second-order valence-electron chi connectivity index (χ2n) is 33.7. The number of carboxylic acids is 1. The van der Waals surface area contributed by atoms with Gasteiger partial charge in [0.15, 0.2) is 35.9 Å². The Morgan fingerprint density at radius 3 is 2.06 bits per heavy atom. The minimum Gasteiger partial charge on any atom is -0.508 e. The predicted octanol–water partition coefficient (Wildman–Crippen LogP) is 5.54. The number of rotatable bonds is 26. The summed E-state index contributed by atoms with van der Waals surface area (Å²) in [4.78, 5) is 123. The normalized spacial score (nSPS) is 26.8. The number of aromatic hydroxyl groups is 3. The third-order valence-electron chi connectivity index (χ3n) is 23.5. The summed E-state index contributed by atoms with van der Waals surface area (Å²) in [5.74, 6) is -14.8. The number of guanidine groups is 1. The maximum absolute atomic E-state index is 16.3. The highest BCUT2D eigenvalue weighted by molar-refractivity contribution is 6.32. The number of likely N-dealkylation sites (N-methyl/N-ethyl adjacent to an activating group) is 1. The van der Waals surface area contributed by atoms with Crippen LogP contribution in [0.1, 0.15) is 179 Å². The fourth-order valence-electron chi connectivity index (χ4n) is 16.3. The number of carbonyl (C=O) groups excluding carboxylic acids is 7. The van der Waals surface area contributed by atoms with Crippen LogP contribution in [-0.2, 0) is 59.1 Å². The van der Waals surface area contributed by atoms with Crippen LogP contribution >= 0.6 is 11.6 Å². The van der Waals surface area contributed by atoms with Gasteiger partial charge in [-0.15, -0.1) is 0 Å². The van der Waals surface area contributed by atoms with Crippen LogP contribution in [0.5, 0.6) is 40.2 Å². The van der Waals surface area contributed by atoms with E-state index in [0.29, 0.717) is 12.2 Å². The number of nitrogens with two attached hydrogens (primary N) is 2. The molecule has 5 aromatic carbocycles. The number of amides is 7. The zero-order valence-corrected chi connectivity index (χ0v) is 73.4. The molecule has 0 aromatic heterocycles. The minimum absolute atomic E-state index is 0.0618. The van der Waals surface area contributed by atoms with E-state index in [1.807, 2.05) is 32.9 Å². The number of ether oxygens (including phenoxy) is 6. The van der Waals surface area contributed by atoms with E-state index in [0.717, 1.165) is 79.8 Å². The first-order valence-electron chi connectivity index (χ1n) is 42.4. The molecular weight excluding hydrogens is 1680 g/mol. The SMILES string of the molecule is CCC1(NCc2ccc(N=C(N)NC/C=C(\C)CC/C=C(\C)CCC=C(C)C)cc2)C[C@H](OC2C(O)[C@H](O)C(CO)O[C@H]2Oc2c3cc4cc2Oc2ccc(cc2Cl)[C@@H](O)[C@@H]2NC(=O)[C@H](NC(=O)[C@@H]4NC(=O)C(CC(N)=O)NC(=O)[C@H](NC(=O)[C@@H](CC(C)C)NC)[C@H](O)C4=CC(C)=C(CC4)O3)c3ccc(O)c(c3)-c3c(O)cc(O)cc3[C@@H](C(=O)O)NC2=O)OC(C)[C@H]1O. The van der Waals surface area contributed by atoms with Gasteiger partial charge in [0, 0.05) is 48.7 Å². The fourth-order valence-corrected chi connectivity index (χ4v) is 16.5. The highest BCUT2D eigenvalue weighted by Crippen LogP contribution is 2.50. The van der Waals surface area contributed by atoms with E-state index >= 15 is 24.0 Å². The molecular formula is C91H115ClN12O24. The molecule has 6 unspecified atom stereocenters. The standard InChI is InChI=1S/C91H115ClN12O24/c1-11-91(97-40-48-18-23-53(24-19-48)98-90(94)96-29-28-45(7)17-13-16-44(6)15-12-14-42(2)3)39-68(123-47(9)81(91)114)127-80-78(113)77(112)66(41-105)126-89(80)128-79-64-34-52-35-65(79)125-63-27-22-51(33-57(63)92)76(111)74-87(120)102-72(88(121)122)56-36-54(106)37-61(108)69(56)55-32-49(20-25-60(55)107)70(84(117)104-74)101-85(118)71(52)100-83(116)59(38-67(93)109)99-86(119)73(103-82(115)58(95-10)30-43(4)5)75(110)50-21-26-62(124-64)46(8)31-50/h14,16,18-20,22-25,27-28,31-37,43,47,58-59,66,68,70-78,80-81,89,95,97,105-108,110-114H,11-13,15,17,21,26,29-30,38-41H2,1-10H3,(H2,93,109)(H,99,119)(H,100,116)(H,101,118)(H,102,120)(H,103,115)(H,104,117)(H,121,122)(H3,94,96,98)/b44-16+,45-28+/t47?,58-,59?,66?,68+,70-,71-,72+,73-,74+,75-,76-,77-,78?,80?,81-,89+,91?/m1/s1. The summed E-state index contributed by atoms with van der Waals surface area (Å²) in [5, 5.41) is 142. The molecule has 36 nitrogen and oxygen atoms in total. The maximum atomic E-state index is 16.3. The first-order chi connectivity index (χ1) is 60.8. The third-order valence-corrected chi connectivity index (χ3v) is 23.8. The van der Waals surface area contributed by atoms with Gasteiger partial charge < -0.3 is 139 Å². The number of primary amides is 1. The van der Waals surface area contributed by atoms with E-state index in [4.69, 9.17) is 51.5 Å². The van der Waals surface area contributed by atoms with Crippen LogP contribution in [0.25, 0.3) is 11.1 Å². The van der Waals surface area contributed by atoms with E-state index in [2.05, 4.69) is 98.8 Å². The molecule has 2 fully saturated rings. The summed E-state index contributed by atoms with van der Waals surface area (Å²) in [6, 6.07) is 3.62. The van der Waals surface area contributed by atoms with Crippen molar-refractivity contribution in [1.29, 1.82) is 0 Å². The van der Waals surface area contributed by atoms with Gasteiger partial charge in [-0.3, -0.25) is 33.6 Å². The molecule has 23 N–H and O–H groups in total. The Bertz CT molecular complexity index is 5170. The number of phenolic OH excluding ortho intramolecular Hbond substituents is 3. The van der Waals surface area contributed by atoms with Crippen LogP contribution in [-0.4, -0.2) is 210 Å². The first-order valence-corrected chi connectivity index (χ1v) is 42.8. The van der Waals surface area contributed by atoms with Crippen molar-refractivity contribution in [3.05, 3.63) is 176 Å². The second kappa shape index (κ2) is 42.6. The molecule has 0 saturated carbocycles. The molecule has 7 aliphatic heterocycles. The van der Waals surface area contributed by atoms with E-state index in [1.54, 1.807) is 26.0 Å². The molecule has 37 heteroatoms. The zero-order valence-electron chi connectivity index (χ0n) is 72.6. The Balaban J connectivity index is 1.02. The lowest BCUT2D eigenvalue weighted by atomic mass is 9.80. The molecule has 128 heavy (non-hydrogen) atoms. The van der Waals surface area contributed by atoms with Crippen molar-refractivity contribution in [2.45, 2.75) is 242 Å². The Labute approximate surface area is 744 Å². The van der Waals surface area contributed by atoms with Gasteiger partial charge in [-0.05, 0) is 187 Å². The molecule has 5 aromatic rings. The lowest BCUT2D eigenvalue weighted by Crippen LogP contribution is -2.66. The smallest absolute Gasteiger partial charge is 0.330 e. The minimum atomic E-state index is -2.32. The Kier molecular flexibility index (Phi) is 32.3. The van der Waals surface area contributed by atoms with Crippen molar-refractivity contribution in [3.63, 3.8) is 0 Å². The number of hydrogen-bond acceptors (Lipinski definition) is 26. The lowest BCUT2D eigenvalue weighted by Gasteiger charge is -2.49. The van der Waals surface area contributed by atoms with E-state index in [1.165, 1.54) is 42.0 Å². The number of aliphatic imine (C=N–C) groups is 1. The molecule has 18 atom stereocenters. The fraction of sp³-hybridized carbons (Fsp3) is 0.462. The van der Waals surface area contributed by atoms with Crippen LogP contribution in [0.3, 0.4) is 0 Å². The van der Waals surface area contributed by atoms with Crippen LogP contribution in [0.2, 0.25) is 5.02 Å². The van der Waals surface area contributed by atoms with Crippen LogP contribution < -0.4 is 73.5 Å². The highest BCUT2D eigenvalue weighted by atomic mass is 35.5. The second-order valence-corrected chi connectivity index (χ2v) is 34.1. The van der Waals surface area contributed by atoms with Gasteiger partial charge in [-0.25, -0.2) is 9.79 Å². The van der Waals surface area contributed by atoms with Crippen molar-refractivity contribution in [3.8, 4) is 51.4 Å². The number of aliphatic hydroxyl groups excluding tert-OH is 6. The van der Waals surface area contributed by atoms with Gasteiger partial charge in [0.1, 0.15) is 89.5 Å². The predicted molar refractivity (Wildman–Crippen MR) is 468 cm³/mol. The summed E-state index contributed by atoms with van der Waals surface area (Å²) in [7, 11) is 1.51. The van der Waals surface area contributed by atoms with Crippen molar-refractivity contribution in [2.75, 3.05) is 20.2 Å². The van der Waals surface area contributed by atoms with E-state index < -0.39 is 231 Å². The van der Waals surface area contributed by atoms with E-state index in [9.17, 15) is 65.4 Å². The van der Waals surface area contributed by atoms with Gasteiger partial charge in [0.25, 0.3) is 0 Å². The van der Waals surface area contributed by atoms with Crippen LogP contribution in [0.15, 0.2) is 148 Å². The number of nitrogens with one attached hydrogen (secondary N) is 9. The van der Waals surface area contributed by atoms with Gasteiger partial charge in [-0.1, -0.05) is 97.7 Å². The number of aliphatic hydroxyl groups is 6. The number of aliphatic carboxylic acids is 1. The number of phenols is 3. The molecule has 2 saturated heterocycles. The quantitative estimate of drug-likeness (QED) is 0.0184. The lowest BCUT2D eigenvalue weighted by molar-refractivity contribution is -0.335. The Morgan fingerprint density at radius 2 is 1.41 bits per heavy atom. The zero-order chi connectivity index (χ0) is 93.0. The van der Waals surface area contributed by atoms with Crippen molar-refractivity contribution >= 4 is 70.6 Å². The van der Waals surface area contributed by atoms with Crippen molar-refractivity contribution in [2.24, 2.45) is 22.4 Å². The van der Waals surface area contributed by atoms with Gasteiger partial charge in [0.05, 0.1) is 47.5 Å². The van der Waals surface area contributed by atoms with Gasteiger partial charge >= 0.3 is 5.97 Å². The summed E-state index contributed by atoms with van der Waals surface area (Å²) in [6.45, 7) is 16.8. The number of allylic oxidation sites excluding steroid dienone is 8. The van der Waals surface area contributed by atoms with Gasteiger partial charge in [-0.2, -0.15) is 0 Å². The molecule has 8 aliphatic rings. The molecule has 1 aliphatic carbocycles. The largest absolute Gasteiger partial charge is 0.508 e. The topological polar surface area (TPSA) is 567 Å². The summed E-state index contributed by atoms with van der Waals surface area (Å²) >= 11 is 7.20. The maximum Gasteiger partial charge on any atom is 0.330 e. The molecule has 690 valence electrons. The van der Waals surface area contributed by atoms with Gasteiger partial charge in [0.2, 0.25) is 53.4 Å². The molecule has 0 radical (unpaired) electrons. The summed E-state index contributed by atoms with van der Waals surface area (Å²) in [6.07, 6.45) is -6.43. The number of nitrogens with zero attached hydrogens (tertiary/aromatic N) is 1. The molecule has 0 spiro atoms. The summed E-state index contributed by atoms with van der Waals surface area (Å²) < 4.78 is 40.3. The molecule has 7 heterocycles. The third kappa shape index (κ3) is 23.3. The monoisotopic (exact) mass is 1790 g/mol. The number of halogens is 1.